The highest BCUT2D eigenvalue weighted by atomic mass is 19.1. The van der Waals surface area contributed by atoms with Crippen LogP contribution in [0.3, 0.4) is 0 Å². The summed E-state index contributed by atoms with van der Waals surface area (Å²) in [6.07, 6.45) is 1.19. The first-order valence-corrected chi connectivity index (χ1v) is 11.9. The summed E-state index contributed by atoms with van der Waals surface area (Å²) in [5.41, 5.74) is 6.97. The maximum atomic E-state index is 14.6. The maximum absolute atomic E-state index is 14.6. The first-order chi connectivity index (χ1) is 19.2. The molecule has 3 nitrogen and oxygen atoms in total. The number of halogens is 1. The zero-order valence-corrected chi connectivity index (χ0v) is 20.3. The van der Waals surface area contributed by atoms with E-state index in [1.165, 1.54) is 12.3 Å². The summed E-state index contributed by atoms with van der Waals surface area (Å²) in [6, 6.07) is 29.3. The molecule has 0 aliphatic carbocycles. The molecule has 0 aliphatic rings. The van der Waals surface area contributed by atoms with E-state index in [1.54, 1.807) is 17.7 Å². The molecule has 178 valence electrons. The monoisotopic (exact) mass is 486 g/mol. The summed E-state index contributed by atoms with van der Waals surface area (Å²) < 4.78 is 46.2. The van der Waals surface area contributed by atoms with Crippen molar-refractivity contribution in [2.75, 3.05) is 0 Å². The molecule has 0 atom stereocenters. The van der Waals surface area contributed by atoms with Gasteiger partial charge in [0.05, 0.1) is 17.2 Å². The Morgan fingerprint density at radius 3 is 2.16 bits per heavy atom. The molecular formula is C33H24FN2O+. The molecule has 0 amide bonds. The van der Waals surface area contributed by atoms with Gasteiger partial charge < -0.3 is 4.42 Å². The maximum Gasteiger partial charge on any atom is 0.216 e. The number of hydrogen-bond donors (Lipinski definition) is 0. The van der Waals surface area contributed by atoms with Crippen molar-refractivity contribution in [2.45, 2.75) is 13.8 Å². The van der Waals surface area contributed by atoms with Crippen LogP contribution in [0, 0.1) is 30.9 Å². The molecule has 0 bridgehead atoms. The van der Waals surface area contributed by atoms with Crippen LogP contribution in [0.2, 0.25) is 0 Å². The largest absolute Gasteiger partial charge is 0.454 e. The average Bonchev–Trinajstić information content (AvgIpc) is 3.31. The number of hydrogen-bond acceptors (Lipinski definition) is 2. The van der Waals surface area contributed by atoms with Crippen LogP contribution in [0.15, 0.2) is 95.5 Å². The van der Waals surface area contributed by atoms with E-state index in [0.717, 1.165) is 33.0 Å². The number of aryl methyl sites for hydroxylation is 3. The number of furan rings is 1. The van der Waals surface area contributed by atoms with Crippen molar-refractivity contribution < 1.29 is 17.5 Å². The van der Waals surface area contributed by atoms with Gasteiger partial charge in [-0.15, -0.1) is 0 Å². The zero-order chi connectivity index (χ0) is 28.2. The Morgan fingerprint density at radius 2 is 1.46 bits per heavy atom. The molecule has 0 saturated carbocycles. The molecule has 2 aromatic heterocycles. The number of pyridine rings is 1. The Labute approximate surface area is 218 Å². The predicted molar refractivity (Wildman–Crippen MR) is 145 cm³/mol. The Balaban J connectivity index is 1.61. The van der Waals surface area contributed by atoms with Gasteiger partial charge in [-0.05, 0) is 53.7 Å². The third-order valence-corrected chi connectivity index (χ3v) is 6.90. The Bertz CT molecular complexity index is 1970. The van der Waals surface area contributed by atoms with Gasteiger partial charge in [0.1, 0.15) is 18.2 Å². The second-order valence-electron chi connectivity index (χ2n) is 9.19. The lowest BCUT2D eigenvalue weighted by atomic mass is 9.94. The lowest BCUT2D eigenvalue weighted by Crippen LogP contribution is -2.31. The van der Waals surface area contributed by atoms with Gasteiger partial charge >= 0.3 is 0 Å². The van der Waals surface area contributed by atoms with Gasteiger partial charge in [-0.3, -0.25) is 0 Å². The van der Waals surface area contributed by atoms with Crippen LogP contribution < -0.4 is 4.57 Å². The first-order valence-electron chi connectivity index (χ1n) is 13.4. The highest BCUT2D eigenvalue weighted by Gasteiger charge is 2.24. The molecule has 0 unspecified atom stereocenters. The number of nitrogens with zero attached hydrogens (tertiary/aromatic N) is 2. The molecule has 0 spiro atoms. The van der Waals surface area contributed by atoms with E-state index in [4.69, 9.17) is 8.53 Å². The van der Waals surface area contributed by atoms with Crippen molar-refractivity contribution in [3.05, 3.63) is 114 Å². The Kier molecular flexibility index (Phi) is 4.58. The van der Waals surface area contributed by atoms with Crippen LogP contribution >= 0.6 is 0 Å². The van der Waals surface area contributed by atoms with Gasteiger partial charge in [-0.25, -0.2) is 4.39 Å². The number of nitriles is 1. The summed E-state index contributed by atoms with van der Waals surface area (Å²) in [5, 5.41) is 11.7. The number of fused-ring (bicyclic) bond motifs is 3. The van der Waals surface area contributed by atoms with Crippen LogP contribution in [0.5, 0.6) is 0 Å². The summed E-state index contributed by atoms with van der Waals surface area (Å²) in [5.74, 6) is -0.791. The summed E-state index contributed by atoms with van der Waals surface area (Å²) in [7, 11) is 1.68. The van der Waals surface area contributed by atoms with Crippen molar-refractivity contribution in [3.8, 4) is 39.6 Å². The highest BCUT2D eigenvalue weighted by Crippen LogP contribution is 2.42. The molecule has 37 heavy (non-hydrogen) atoms. The number of benzene rings is 4. The standard InChI is InChI=1S/C33H24FN2O/c1-20-9-15-26-27-16-14-25(18-35)31(24-12-10-23(11-13-24)22-7-5-4-6-8-22)33(27)37-32(26)30(20)29-17-21(2)28(34)19-36(29)3/h4-17,19H,1-3H3/q+1/i2D3. The quantitative estimate of drug-likeness (QED) is 0.238. The molecule has 6 rings (SSSR count). The van der Waals surface area contributed by atoms with E-state index in [-0.39, 0.29) is 5.56 Å². The minimum absolute atomic E-state index is 0.348. The Morgan fingerprint density at radius 1 is 0.811 bits per heavy atom. The third-order valence-electron chi connectivity index (χ3n) is 6.90. The van der Waals surface area contributed by atoms with Crippen molar-refractivity contribution in [1.82, 2.24) is 0 Å². The van der Waals surface area contributed by atoms with Gasteiger partial charge in [-0.2, -0.15) is 9.83 Å². The second kappa shape index (κ2) is 8.72. The van der Waals surface area contributed by atoms with E-state index in [9.17, 15) is 9.65 Å². The lowest BCUT2D eigenvalue weighted by Gasteiger charge is -2.08. The normalized spacial score (nSPS) is 12.8. The van der Waals surface area contributed by atoms with E-state index < -0.39 is 12.7 Å². The van der Waals surface area contributed by atoms with Gasteiger partial charge in [0.2, 0.25) is 11.9 Å². The van der Waals surface area contributed by atoms with Crippen LogP contribution in [0.1, 0.15) is 20.8 Å². The summed E-state index contributed by atoms with van der Waals surface area (Å²) in [4.78, 5) is 0. The second-order valence-corrected chi connectivity index (χ2v) is 9.19. The van der Waals surface area contributed by atoms with E-state index >= 15 is 0 Å². The van der Waals surface area contributed by atoms with Crippen LogP contribution in [-0.4, -0.2) is 0 Å². The molecule has 2 heterocycles. The minimum Gasteiger partial charge on any atom is -0.454 e. The number of rotatable bonds is 3. The van der Waals surface area contributed by atoms with Crippen LogP contribution in [0.25, 0.3) is 55.4 Å². The van der Waals surface area contributed by atoms with E-state index in [1.807, 2.05) is 79.7 Å². The van der Waals surface area contributed by atoms with Gasteiger partial charge in [-0.1, -0.05) is 66.7 Å². The fraction of sp³-hybridized carbons (Fsp3) is 0.0909. The van der Waals surface area contributed by atoms with Crippen LogP contribution in [0.4, 0.5) is 4.39 Å². The molecule has 0 N–H and O–H groups in total. The molecule has 0 saturated heterocycles. The third kappa shape index (κ3) is 3.68. The molecule has 0 fully saturated rings. The minimum atomic E-state index is -2.61. The zero-order valence-electron chi connectivity index (χ0n) is 23.3. The summed E-state index contributed by atoms with van der Waals surface area (Å²) in [6.45, 7) is -0.701. The predicted octanol–water partition coefficient (Wildman–Crippen LogP) is 8.04. The number of aromatic nitrogens is 1. The average molecular weight is 487 g/mol. The fourth-order valence-electron chi connectivity index (χ4n) is 5.03. The van der Waals surface area contributed by atoms with E-state index in [2.05, 4.69) is 6.07 Å². The molecule has 0 radical (unpaired) electrons. The Hall–Kier alpha value is -4.75. The molecule has 4 heteroatoms. The van der Waals surface area contributed by atoms with Crippen molar-refractivity contribution >= 4 is 21.9 Å². The van der Waals surface area contributed by atoms with Gasteiger partial charge in [0.15, 0.2) is 5.82 Å². The molecule has 0 aliphatic heterocycles. The van der Waals surface area contributed by atoms with Crippen LogP contribution in [-0.2, 0) is 7.05 Å². The van der Waals surface area contributed by atoms with Crippen molar-refractivity contribution in [1.29, 1.82) is 5.26 Å². The van der Waals surface area contributed by atoms with Crippen molar-refractivity contribution in [2.24, 2.45) is 7.05 Å². The molecule has 4 aromatic carbocycles. The van der Waals surface area contributed by atoms with E-state index in [0.29, 0.717) is 33.6 Å². The topological polar surface area (TPSA) is 40.8 Å². The SMILES string of the molecule is [2H]C([2H])([2H])c1cc(-c2c(C)ccc3c2oc2c(-c4ccc(-c5ccccc5)cc4)c(C#N)ccc23)[n+](C)cc1F. The van der Waals surface area contributed by atoms with Crippen molar-refractivity contribution in [3.63, 3.8) is 0 Å². The smallest absolute Gasteiger partial charge is 0.216 e. The van der Waals surface area contributed by atoms with Gasteiger partial charge in [0.25, 0.3) is 0 Å². The summed E-state index contributed by atoms with van der Waals surface area (Å²) >= 11 is 0. The molecular weight excluding hydrogens is 459 g/mol. The molecule has 6 aromatic rings. The first kappa shape index (κ1) is 19.4. The van der Waals surface area contributed by atoms with Gasteiger partial charge in [0, 0.05) is 26.5 Å². The highest BCUT2D eigenvalue weighted by molar-refractivity contribution is 6.14. The lowest BCUT2D eigenvalue weighted by molar-refractivity contribution is -0.662. The fourth-order valence-corrected chi connectivity index (χ4v) is 5.03.